The van der Waals surface area contributed by atoms with Gasteiger partial charge in [0.15, 0.2) is 0 Å². The number of hydrogen-bond acceptors (Lipinski definition) is 1. The Morgan fingerprint density at radius 3 is 2.25 bits per heavy atom. The summed E-state index contributed by atoms with van der Waals surface area (Å²) in [5.74, 6) is 2.48. The fourth-order valence-corrected chi connectivity index (χ4v) is 1.10. The molecule has 0 fully saturated rings. The Morgan fingerprint density at radius 2 is 1.88 bits per heavy atom. The van der Waals surface area contributed by atoms with Crippen LogP contribution in [0.5, 0.6) is 0 Å². The fraction of sp³-hybridized carbons (Fsp3) is 0.200. The van der Waals surface area contributed by atoms with Gasteiger partial charge in [-0.1, -0.05) is 31.2 Å². The zero-order chi connectivity index (χ0) is 12.7. The van der Waals surface area contributed by atoms with Gasteiger partial charge in [0.2, 0.25) is 0 Å². The molecule has 0 spiro atoms. The van der Waals surface area contributed by atoms with E-state index < -0.39 is 0 Å². The Bertz CT molecular complexity index is 419. The molecule has 2 N–H and O–H groups in total. The molecular formula is C15H19N. The molecule has 0 amide bonds. The molecule has 0 aromatic heterocycles. The summed E-state index contributed by atoms with van der Waals surface area (Å²) in [5, 5.41) is 0. The number of allylic oxidation sites excluding steroid dienone is 8. The third-order valence-electron chi connectivity index (χ3n) is 2.25. The standard InChI is InChI=1S/C15H19N/c1-7-9-15(10-11(3)8-2)13(5)12(4)14(6)16/h2,7,9-10H,3,5,16H2,1,4,6H3/b9-7-,14-12+,15-10+. The van der Waals surface area contributed by atoms with E-state index in [1.165, 1.54) is 0 Å². The van der Waals surface area contributed by atoms with E-state index in [2.05, 4.69) is 19.1 Å². The largest absolute Gasteiger partial charge is 0.402 e. The van der Waals surface area contributed by atoms with Crippen molar-refractivity contribution in [2.45, 2.75) is 20.8 Å². The van der Waals surface area contributed by atoms with Crippen LogP contribution < -0.4 is 5.73 Å². The van der Waals surface area contributed by atoms with Crippen LogP contribution in [0.3, 0.4) is 0 Å². The zero-order valence-corrected chi connectivity index (χ0v) is 10.3. The summed E-state index contributed by atoms with van der Waals surface area (Å²) in [6.07, 6.45) is 11.0. The topological polar surface area (TPSA) is 26.0 Å². The smallest absolute Gasteiger partial charge is 0.0176 e. The highest BCUT2D eigenvalue weighted by Gasteiger charge is 2.03. The molecule has 84 valence electrons. The van der Waals surface area contributed by atoms with E-state index in [4.69, 9.17) is 12.2 Å². The molecule has 0 bridgehead atoms. The van der Waals surface area contributed by atoms with Crippen molar-refractivity contribution in [1.29, 1.82) is 0 Å². The number of hydrogen-bond donors (Lipinski definition) is 1. The first-order valence-corrected chi connectivity index (χ1v) is 5.06. The molecule has 0 aromatic carbocycles. The summed E-state index contributed by atoms with van der Waals surface area (Å²) in [7, 11) is 0. The molecule has 0 saturated carbocycles. The minimum atomic E-state index is 0.622. The molecule has 0 heterocycles. The minimum absolute atomic E-state index is 0.622. The number of terminal acetylenes is 1. The van der Waals surface area contributed by atoms with E-state index in [1.54, 1.807) is 0 Å². The lowest BCUT2D eigenvalue weighted by molar-refractivity contribution is 1.20. The lowest BCUT2D eigenvalue weighted by Gasteiger charge is -2.09. The molecule has 0 aromatic rings. The predicted octanol–water partition coefficient (Wildman–Crippen LogP) is 3.49. The van der Waals surface area contributed by atoms with E-state index in [0.29, 0.717) is 5.57 Å². The molecule has 1 heteroatoms. The Balaban J connectivity index is 5.36. The van der Waals surface area contributed by atoms with Crippen molar-refractivity contribution >= 4 is 0 Å². The molecule has 0 atom stereocenters. The van der Waals surface area contributed by atoms with E-state index in [9.17, 15) is 0 Å². The van der Waals surface area contributed by atoms with Crippen molar-refractivity contribution < 1.29 is 0 Å². The zero-order valence-electron chi connectivity index (χ0n) is 10.3. The summed E-state index contributed by atoms with van der Waals surface area (Å²) in [4.78, 5) is 0. The third kappa shape index (κ3) is 4.06. The molecule has 0 aliphatic carbocycles. The van der Waals surface area contributed by atoms with Crippen LogP contribution in [0, 0.1) is 12.3 Å². The maximum Gasteiger partial charge on any atom is 0.0176 e. The van der Waals surface area contributed by atoms with Crippen molar-refractivity contribution in [1.82, 2.24) is 0 Å². The van der Waals surface area contributed by atoms with Gasteiger partial charge in [0.1, 0.15) is 0 Å². The minimum Gasteiger partial charge on any atom is -0.402 e. The van der Waals surface area contributed by atoms with Gasteiger partial charge in [-0.05, 0) is 43.6 Å². The molecule has 0 radical (unpaired) electrons. The second-order valence-electron chi connectivity index (χ2n) is 3.56. The molecular weight excluding hydrogens is 194 g/mol. The average molecular weight is 213 g/mol. The summed E-state index contributed by atoms with van der Waals surface area (Å²) < 4.78 is 0. The highest BCUT2D eigenvalue weighted by molar-refractivity contribution is 5.54. The Morgan fingerprint density at radius 1 is 1.31 bits per heavy atom. The quantitative estimate of drug-likeness (QED) is 0.561. The van der Waals surface area contributed by atoms with Crippen molar-refractivity contribution in [3.63, 3.8) is 0 Å². The van der Waals surface area contributed by atoms with E-state index >= 15 is 0 Å². The van der Waals surface area contributed by atoms with Crippen LogP contribution in [0.25, 0.3) is 0 Å². The second-order valence-corrected chi connectivity index (χ2v) is 3.56. The first-order chi connectivity index (χ1) is 7.43. The third-order valence-corrected chi connectivity index (χ3v) is 2.25. The van der Waals surface area contributed by atoms with Gasteiger partial charge in [-0.2, -0.15) is 0 Å². The van der Waals surface area contributed by atoms with Gasteiger partial charge < -0.3 is 5.73 Å². The van der Waals surface area contributed by atoms with Crippen LogP contribution in [0.2, 0.25) is 0 Å². The number of nitrogens with two attached hydrogens (primary N) is 1. The average Bonchev–Trinajstić information content (AvgIpc) is 2.26. The first kappa shape index (κ1) is 14.1. The van der Waals surface area contributed by atoms with E-state index in [-0.39, 0.29) is 0 Å². The highest BCUT2D eigenvalue weighted by atomic mass is 14.6. The highest BCUT2D eigenvalue weighted by Crippen LogP contribution is 2.21. The Hall–Kier alpha value is -1.94. The number of rotatable bonds is 4. The van der Waals surface area contributed by atoms with Crippen LogP contribution >= 0.6 is 0 Å². The van der Waals surface area contributed by atoms with Crippen LogP contribution in [0.15, 0.2) is 59.4 Å². The van der Waals surface area contributed by atoms with Gasteiger partial charge in [0, 0.05) is 11.3 Å². The van der Waals surface area contributed by atoms with Crippen LogP contribution in [0.4, 0.5) is 0 Å². The molecule has 0 saturated heterocycles. The fourth-order valence-electron chi connectivity index (χ4n) is 1.10. The van der Waals surface area contributed by atoms with Gasteiger partial charge in [-0.3, -0.25) is 0 Å². The first-order valence-electron chi connectivity index (χ1n) is 5.06. The second kappa shape index (κ2) is 6.53. The molecule has 16 heavy (non-hydrogen) atoms. The summed E-state index contributed by atoms with van der Waals surface area (Å²) in [6.45, 7) is 13.5. The normalized spacial score (nSPS) is 13.2. The SMILES string of the molecule is C#CC(=C)/C=C(\C=C/C)C(=C)/C(C)=C(\C)N. The maximum absolute atomic E-state index is 5.74. The molecule has 1 nitrogen and oxygen atoms in total. The summed E-state index contributed by atoms with van der Waals surface area (Å²) in [6, 6.07) is 0. The van der Waals surface area contributed by atoms with Crippen molar-refractivity contribution in [3.8, 4) is 12.3 Å². The predicted molar refractivity (Wildman–Crippen MR) is 72.6 cm³/mol. The van der Waals surface area contributed by atoms with Crippen LogP contribution in [0.1, 0.15) is 20.8 Å². The van der Waals surface area contributed by atoms with Gasteiger partial charge in [0.25, 0.3) is 0 Å². The molecule has 0 aliphatic heterocycles. The van der Waals surface area contributed by atoms with Crippen LogP contribution in [-0.4, -0.2) is 0 Å². The van der Waals surface area contributed by atoms with Gasteiger partial charge in [-0.15, -0.1) is 6.42 Å². The molecule has 0 unspecified atom stereocenters. The van der Waals surface area contributed by atoms with E-state index in [0.717, 1.165) is 22.4 Å². The van der Waals surface area contributed by atoms with Crippen molar-refractivity contribution in [3.05, 3.63) is 59.4 Å². The Labute approximate surface area is 98.7 Å². The van der Waals surface area contributed by atoms with Gasteiger partial charge in [0.05, 0.1) is 0 Å². The van der Waals surface area contributed by atoms with E-state index in [1.807, 2.05) is 39.0 Å². The lowest BCUT2D eigenvalue weighted by Crippen LogP contribution is -1.99. The maximum atomic E-state index is 5.74. The Kier molecular flexibility index (Phi) is 5.74. The van der Waals surface area contributed by atoms with Crippen LogP contribution in [-0.2, 0) is 0 Å². The molecule has 0 aliphatic rings. The lowest BCUT2D eigenvalue weighted by atomic mass is 9.97. The monoisotopic (exact) mass is 213 g/mol. The van der Waals surface area contributed by atoms with Gasteiger partial charge in [-0.25, -0.2) is 0 Å². The van der Waals surface area contributed by atoms with Crippen molar-refractivity contribution in [2.24, 2.45) is 5.73 Å². The summed E-state index contributed by atoms with van der Waals surface area (Å²) >= 11 is 0. The van der Waals surface area contributed by atoms with Crippen molar-refractivity contribution in [2.75, 3.05) is 0 Å². The summed E-state index contributed by atoms with van der Waals surface area (Å²) in [5.41, 5.74) is 9.89. The van der Waals surface area contributed by atoms with Gasteiger partial charge >= 0.3 is 0 Å². The molecule has 0 rings (SSSR count).